The minimum Gasteiger partial charge on any atom is -0.385 e. The fourth-order valence-corrected chi connectivity index (χ4v) is 3.63. The Bertz CT molecular complexity index is 918. The van der Waals surface area contributed by atoms with Crippen molar-refractivity contribution in [2.75, 3.05) is 20.3 Å². The molecule has 1 unspecified atom stereocenters. The van der Waals surface area contributed by atoms with Gasteiger partial charge in [0.25, 0.3) is 0 Å². The zero-order valence-corrected chi connectivity index (χ0v) is 16.4. The van der Waals surface area contributed by atoms with E-state index in [0.29, 0.717) is 19.6 Å². The van der Waals surface area contributed by atoms with Crippen molar-refractivity contribution in [2.45, 2.75) is 32.1 Å². The van der Waals surface area contributed by atoms with E-state index in [1.807, 2.05) is 12.3 Å². The lowest BCUT2D eigenvalue weighted by molar-refractivity contribution is -0.121. The van der Waals surface area contributed by atoms with E-state index in [0.717, 1.165) is 34.9 Å². The molecule has 3 aromatic rings. The number of hydrogen-bond acceptors (Lipinski definition) is 2. The highest BCUT2D eigenvalue weighted by molar-refractivity contribution is 5.88. The zero-order valence-electron chi connectivity index (χ0n) is 16.4. The molecule has 2 aromatic carbocycles. The molecule has 1 amide bonds. The first kappa shape index (κ1) is 20.1. The standard InChI is InChI=1S/C23H27FN2O2/c1-3-16-6-4-7-19-21(15-26-23(16)19)20(17-8-10-18(24)11-9-17)14-22(27)25-12-5-13-28-2/h4,6-11,15,20,26H,3,5,12-14H2,1-2H3,(H,25,27). The smallest absolute Gasteiger partial charge is 0.220 e. The molecular weight excluding hydrogens is 355 g/mol. The highest BCUT2D eigenvalue weighted by Crippen LogP contribution is 2.34. The van der Waals surface area contributed by atoms with Crippen LogP contribution < -0.4 is 5.32 Å². The van der Waals surface area contributed by atoms with E-state index < -0.39 is 0 Å². The van der Waals surface area contributed by atoms with Crippen LogP contribution >= 0.6 is 0 Å². The summed E-state index contributed by atoms with van der Waals surface area (Å²) in [7, 11) is 1.65. The van der Waals surface area contributed by atoms with E-state index >= 15 is 0 Å². The Morgan fingerprint density at radius 1 is 1.21 bits per heavy atom. The van der Waals surface area contributed by atoms with Crippen LogP contribution in [0.4, 0.5) is 4.39 Å². The quantitative estimate of drug-likeness (QED) is 0.534. The van der Waals surface area contributed by atoms with Gasteiger partial charge >= 0.3 is 0 Å². The summed E-state index contributed by atoms with van der Waals surface area (Å²) in [6.07, 6.45) is 3.99. The molecule has 0 aliphatic rings. The SMILES string of the molecule is CCc1cccc2c(C(CC(=O)NCCCOC)c3ccc(F)cc3)c[nH]c12. The second-order valence-corrected chi connectivity index (χ2v) is 6.94. The van der Waals surface area contributed by atoms with Crippen LogP contribution in [0.2, 0.25) is 0 Å². The summed E-state index contributed by atoms with van der Waals surface area (Å²) in [5.74, 6) is -0.450. The van der Waals surface area contributed by atoms with Crippen LogP contribution in [0.1, 0.15) is 42.4 Å². The van der Waals surface area contributed by atoms with E-state index in [1.54, 1.807) is 19.2 Å². The van der Waals surface area contributed by atoms with Crippen LogP contribution in [-0.2, 0) is 16.0 Å². The number of ether oxygens (including phenoxy) is 1. The highest BCUT2D eigenvalue weighted by atomic mass is 19.1. The third-order valence-corrected chi connectivity index (χ3v) is 5.10. The van der Waals surface area contributed by atoms with Crippen molar-refractivity contribution in [2.24, 2.45) is 0 Å². The Hall–Kier alpha value is -2.66. The third kappa shape index (κ3) is 4.60. The summed E-state index contributed by atoms with van der Waals surface area (Å²) in [6.45, 7) is 3.32. The molecule has 0 fully saturated rings. The summed E-state index contributed by atoms with van der Waals surface area (Å²) in [5, 5.41) is 4.07. The number of benzene rings is 2. The number of aromatic amines is 1. The Morgan fingerprint density at radius 3 is 2.71 bits per heavy atom. The molecule has 0 bridgehead atoms. The number of para-hydroxylation sites is 1. The normalized spacial score (nSPS) is 12.2. The van der Waals surface area contributed by atoms with E-state index in [4.69, 9.17) is 4.74 Å². The van der Waals surface area contributed by atoms with Crippen molar-refractivity contribution in [1.82, 2.24) is 10.3 Å². The van der Waals surface area contributed by atoms with Gasteiger partial charge in [0.1, 0.15) is 5.82 Å². The molecule has 4 nitrogen and oxygen atoms in total. The lowest BCUT2D eigenvalue weighted by Gasteiger charge is -2.17. The first-order valence-electron chi connectivity index (χ1n) is 9.74. The van der Waals surface area contributed by atoms with E-state index in [-0.39, 0.29) is 17.6 Å². The topological polar surface area (TPSA) is 54.1 Å². The second kappa shape index (κ2) is 9.51. The van der Waals surface area contributed by atoms with Gasteiger partial charge in [-0.1, -0.05) is 37.3 Å². The number of carbonyl (C=O) groups excluding carboxylic acids is 1. The van der Waals surface area contributed by atoms with Crippen molar-refractivity contribution in [3.8, 4) is 0 Å². The number of aromatic nitrogens is 1. The highest BCUT2D eigenvalue weighted by Gasteiger charge is 2.22. The first-order valence-corrected chi connectivity index (χ1v) is 9.74. The molecule has 28 heavy (non-hydrogen) atoms. The molecule has 1 heterocycles. The number of H-pyrrole nitrogens is 1. The van der Waals surface area contributed by atoms with Crippen LogP contribution in [0.25, 0.3) is 10.9 Å². The third-order valence-electron chi connectivity index (χ3n) is 5.10. The Labute approximate surface area is 165 Å². The first-order chi connectivity index (χ1) is 13.6. The van der Waals surface area contributed by atoms with Crippen molar-refractivity contribution >= 4 is 16.8 Å². The largest absolute Gasteiger partial charge is 0.385 e. The molecular formula is C23H27FN2O2. The van der Waals surface area contributed by atoms with Gasteiger partial charge < -0.3 is 15.0 Å². The van der Waals surface area contributed by atoms with Crippen molar-refractivity contribution in [3.05, 3.63) is 71.2 Å². The molecule has 0 aliphatic carbocycles. The Balaban J connectivity index is 1.91. The van der Waals surface area contributed by atoms with Gasteiger partial charge in [0.15, 0.2) is 0 Å². The minimum atomic E-state index is -0.279. The maximum Gasteiger partial charge on any atom is 0.220 e. The number of hydrogen-bond donors (Lipinski definition) is 2. The summed E-state index contributed by atoms with van der Waals surface area (Å²) in [5.41, 5.74) is 4.33. The zero-order chi connectivity index (χ0) is 19.9. The number of halogens is 1. The molecule has 0 aliphatic heterocycles. The number of carbonyl (C=O) groups is 1. The van der Waals surface area contributed by atoms with Gasteiger partial charge in [0.2, 0.25) is 5.91 Å². The van der Waals surface area contributed by atoms with Gasteiger partial charge in [0, 0.05) is 49.7 Å². The summed E-state index contributed by atoms with van der Waals surface area (Å²) < 4.78 is 18.5. The lowest BCUT2D eigenvalue weighted by Crippen LogP contribution is -2.27. The van der Waals surface area contributed by atoms with Crippen molar-refractivity contribution in [3.63, 3.8) is 0 Å². The molecule has 3 rings (SSSR count). The minimum absolute atomic E-state index is 0.0218. The molecule has 0 saturated carbocycles. The number of nitrogens with one attached hydrogen (secondary N) is 2. The van der Waals surface area contributed by atoms with Gasteiger partial charge in [-0.25, -0.2) is 4.39 Å². The molecule has 2 N–H and O–H groups in total. The van der Waals surface area contributed by atoms with Crippen molar-refractivity contribution in [1.29, 1.82) is 0 Å². The summed E-state index contributed by atoms with van der Waals surface area (Å²) >= 11 is 0. The average Bonchev–Trinajstić information content (AvgIpc) is 3.14. The number of aryl methyl sites for hydroxylation is 1. The molecule has 1 atom stereocenters. The maximum absolute atomic E-state index is 13.4. The van der Waals surface area contributed by atoms with Crippen LogP contribution in [-0.4, -0.2) is 31.2 Å². The maximum atomic E-state index is 13.4. The fourth-order valence-electron chi connectivity index (χ4n) is 3.63. The summed E-state index contributed by atoms with van der Waals surface area (Å²) in [4.78, 5) is 16.0. The number of fused-ring (bicyclic) bond motifs is 1. The predicted octanol–water partition coefficient (Wildman–Crippen LogP) is 4.54. The number of rotatable bonds is 9. The van der Waals surface area contributed by atoms with Crippen LogP contribution in [0.5, 0.6) is 0 Å². The van der Waals surface area contributed by atoms with E-state index in [9.17, 15) is 9.18 Å². The van der Waals surface area contributed by atoms with E-state index in [2.05, 4.69) is 29.4 Å². The molecule has 0 saturated heterocycles. The van der Waals surface area contributed by atoms with Gasteiger partial charge in [0.05, 0.1) is 0 Å². The number of methoxy groups -OCH3 is 1. The van der Waals surface area contributed by atoms with E-state index in [1.165, 1.54) is 17.7 Å². The Kier molecular flexibility index (Phi) is 6.82. The molecule has 5 heteroatoms. The predicted molar refractivity (Wildman–Crippen MR) is 110 cm³/mol. The van der Waals surface area contributed by atoms with Gasteiger partial charge in [-0.05, 0) is 41.7 Å². The summed E-state index contributed by atoms with van der Waals surface area (Å²) in [6, 6.07) is 12.7. The monoisotopic (exact) mass is 382 g/mol. The van der Waals surface area contributed by atoms with Gasteiger partial charge in [-0.2, -0.15) is 0 Å². The molecule has 0 spiro atoms. The molecule has 0 radical (unpaired) electrons. The molecule has 148 valence electrons. The Morgan fingerprint density at radius 2 is 2.00 bits per heavy atom. The average molecular weight is 382 g/mol. The number of amides is 1. The van der Waals surface area contributed by atoms with Crippen LogP contribution in [0.3, 0.4) is 0 Å². The fraction of sp³-hybridized carbons (Fsp3) is 0.348. The lowest BCUT2D eigenvalue weighted by atomic mass is 9.87. The van der Waals surface area contributed by atoms with Gasteiger partial charge in [-0.3, -0.25) is 4.79 Å². The van der Waals surface area contributed by atoms with Crippen LogP contribution in [0, 0.1) is 5.82 Å². The van der Waals surface area contributed by atoms with Gasteiger partial charge in [-0.15, -0.1) is 0 Å². The van der Waals surface area contributed by atoms with Crippen molar-refractivity contribution < 1.29 is 13.9 Å². The molecule has 1 aromatic heterocycles. The van der Waals surface area contributed by atoms with Crippen LogP contribution in [0.15, 0.2) is 48.7 Å². The second-order valence-electron chi connectivity index (χ2n) is 6.94.